The number of anilines is 2. The van der Waals surface area contributed by atoms with E-state index in [2.05, 4.69) is 30.4 Å². The third kappa shape index (κ3) is 3.53. The van der Waals surface area contributed by atoms with Crippen molar-refractivity contribution < 1.29 is 4.74 Å². The number of fused-ring (bicyclic) bond motifs is 1. The van der Waals surface area contributed by atoms with Crippen LogP contribution in [0.4, 0.5) is 11.5 Å². The fourth-order valence-corrected chi connectivity index (χ4v) is 3.77. The summed E-state index contributed by atoms with van der Waals surface area (Å²) in [5, 5.41) is 4.48. The monoisotopic (exact) mass is 361 g/mol. The highest BCUT2D eigenvalue weighted by molar-refractivity contribution is 7.18. The van der Waals surface area contributed by atoms with Crippen molar-refractivity contribution in [3.8, 4) is 5.75 Å². The number of benzene rings is 2. The number of thiophene rings is 1. The van der Waals surface area contributed by atoms with Gasteiger partial charge >= 0.3 is 0 Å². The van der Waals surface area contributed by atoms with Gasteiger partial charge in [-0.25, -0.2) is 9.97 Å². The van der Waals surface area contributed by atoms with Crippen molar-refractivity contribution in [2.45, 2.75) is 13.3 Å². The van der Waals surface area contributed by atoms with Crippen LogP contribution in [0, 0.1) is 6.92 Å². The van der Waals surface area contributed by atoms with E-state index in [1.165, 1.54) is 10.4 Å². The Morgan fingerprint density at radius 1 is 1.00 bits per heavy atom. The smallest absolute Gasteiger partial charge is 0.142 e. The van der Waals surface area contributed by atoms with Crippen LogP contribution in [-0.4, -0.2) is 17.1 Å². The second-order valence-electron chi connectivity index (χ2n) is 6.08. The first-order valence-electron chi connectivity index (χ1n) is 8.43. The number of nitrogens with zero attached hydrogens (tertiary/aromatic N) is 2. The van der Waals surface area contributed by atoms with Crippen LogP contribution in [0.2, 0.25) is 0 Å². The third-order valence-electron chi connectivity index (χ3n) is 4.10. The Balaban J connectivity index is 1.74. The lowest BCUT2D eigenvalue weighted by Gasteiger charge is -2.10. The number of ether oxygens (including phenoxy) is 1. The molecule has 2 aromatic heterocycles. The molecule has 4 nitrogen and oxygen atoms in total. The minimum atomic E-state index is 0.709. The van der Waals surface area contributed by atoms with Crippen molar-refractivity contribution in [1.82, 2.24) is 9.97 Å². The summed E-state index contributed by atoms with van der Waals surface area (Å²) in [5.74, 6) is 2.46. The highest BCUT2D eigenvalue weighted by atomic mass is 32.1. The Morgan fingerprint density at radius 3 is 2.65 bits per heavy atom. The van der Waals surface area contributed by atoms with E-state index in [1.54, 1.807) is 18.4 Å². The molecule has 0 saturated carbocycles. The number of hydrogen-bond donors (Lipinski definition) is 1. The largest absolute Gasteiger partial charge is 0.497 e. The van der Waals surface area contributed by atoms with Crippen LogP contribution in [0.1, 0.15) is 16.3 Å². The van der Waals surface area contributed by atoms with E-state index in [1.807, 2.05) is 42.5 Å². The van der Waals surface area contributed by atoms with E-state index in [-0.39, 0.29) is 0 Å². The molecule has 0 atom stereocenters. The predicted molar refractivity (Wildman–Crippen MR) is 108 cm³/mol. The molecular formula is C21H19N3OS. The number of rotatable bonds is 5. The van der Waals surface area contributed by atoms with Gasteiger partial charge in [0, 0.05) is 23.1 Å². The van der Waals surface area contributed by atoms with Gasteiger partial charge in [0.15, 0.2) is 0 Å². The fourth-order valence-electron chi connectivity index (χ4n) is 2.88. The van der Waals surface area contributed by atoms with E-state index in [9.17, 15) is 0 Å². The molecule has 0 unspecified atom stereocenters. The van der Waals surface area contributed by atoms with Crippen molar-refractivity contribution in [3.63, 3.8) is 0 Å². The normalized spacial score (nSPS) is 10.8. The maximum Gasteiger partial charge on any atom is 0.142 e. The van der Waals surface area contributed by atoms with E-state index < -0.39 is 0 Å². The molecule has 0 aliphatic heterocycles. The molecule has 0 fully saturated rings. The maximum absolute atomic E-state index is 5.32. The highest BCUT2D eigenvalue weighted by Gasteiger charge is 2.12. The van der Waals surface area contributed by atoms with Crippen LogP contribution < -0.4 is 10.1 Å². The van der Waals surface area contributed by atoms with Gasteiger partial charge < -0.3 is 10.1 Å². The van der Waals surface area contributed by atoms with Crippen LogP contribution in [0.15, 0.2) is 60.7 Å². The summed E-state index contributed by atoms with van der Waals surface area (Å²) in [6, 6.07) is 20.3. The molecule has 0 radical (unpaired) electrons. The highest BCUT2D eigenvalue weighted by Crippen LogP contribution is 2.31. The summed E-state index contributed by atoms with van der Waals surface area (Å²) >= 11 is 1.69. The predicted octanol–water partition coefficient (Wildman–Crippen LogP) is 5.34. The Hall–Kier alpha value is -2.92. The zero-order valence-electron chi connectivity index (χ0n) is 14.7. The Bertz CT molecular complexity index is 1040. The number of aryl methyl sites for hydroxylation is 1. The van der Waals surface area contributed by atoms with E-state index in [0.29, 0.717) is 6.42 Å². The molecule has 0 aliphatic rings. The fraction of sp³-hybridized carbons (Fsp3) is 0.143. The van der Waals surface area contributed by atoms with Crippen molar-refractivity contribution in [2.75, 3.05) is 12.4 Å². The van der Waals surface area contributed by atoms with E-state index >= 15 is 0 Å². The summed E-state index contributed by atoms with van der Waals surface area (Å²) in [5.41, 5.74) is 2.14. The van der Waals surface area contributed by atoms with Gasteiger partial charge in [0.2, 0.25) is 0 Å². The van der Waals surface area contributed by atoms with E-state index in [0.717, 1.165) is 33.3 Å². The average molecular weight is 361 g/mol. The molecule has 0 saturated heterocycles. The molecule has 26 heavy (non-hydrogen) atoms. The Labute approximate surface area is 156 Å². The van der Waals surface area contributed by atoms with Gasteiger partial charge in [0.1, 0.15) is 22.2 Å². The van der Waals surface area contributed by atoms with Gasteiger partial charge in [0.25, 0.3) is 0 Å². The van der Waals surface area contributed by atoms with Crippen LogP contribution >= 0.6 is 11.3 Å². The van der Waals surface area contributed by atoms with Crippen molar-refractivity contribution in [1.29, 1.82) is 0 Å². The average Bonchev–Trinajstić information content (AvgIpc) is 3.03. The van der Waals surface area contributed by atoms with Crippen LogP contribution in [0.25, 0.3) is 10.2 Å². The second kappa shape index (κ2) is 7.14. The van der Waals surface area contributed by atoms with Gasteiger partial charge in [-0.3, -0.25) is 0 Å². The molecule has 130 valence electrons. The Kier molecular flexibility index (Phi) is 4.54. The van der Waals surface area contributed by atoms with Crippen molar-refractivity contribution in [2.24, 2.45) is 0 Å². The molecule has 2 heterocycles. The minimum Gasteiger partial charge on any atom is -0.497 e. The number of nitrogens with one attached hydrogen (secondary N) is 1. The van der Waals surface area contributed by atoms with E-state index in [4.69, 9.17) is 14.7 Å². The van der Waals surface area contributed by atoms with Crippen LogP contribution in [0.3, 0.4) is 0 Å². The van der Waals surface area contributed by atoms with Gasteiger partial charge in [-0.1, -0.05) is 36.4 Å². The van der Waals surface area contributed by atoms with Crippen LogP contribution in [0.5, 0.6) is 5.75 Å². The van der Waals surface area contributed by atoms with Gasteiger partial charge in [0.05, 0.1) is 12.5 Å². The number of aromatic nitrogens is 2. The minimum absolute atomic E-state index is 0.709. The molecule has 2 aromatic carbocycles. The molecule has 4 rings (SSSR count). The topological polar surface area (TPSA) is 47.0 Å². The first-order chi connectivity index (χ1) is 12.7. The number of hydrogen-bond acceptors (Lipinski definition) is 5. The zero-order chi connectivity index (χ0) is 17.9. The summed E-state index contributed by atoms with van der Waals surface area (Å²) < 4.78 is 5.32. The maximum atomic E-state index is 5.32. The molecule has 0 spiro atoms. The number of methoxy groups -OCH3 is 1. The lowest BCUT2D eigenvalue weighted by Crippen LogP contribution is -2.01. The van der Waals surface area contributed by atoms with Gasteiger partial charge in [-0.2, -0.15) is 0 Å². The Morgan fingerprint density at radius 2 is 1.85 bits per heavy atom. The zero-order valence-corrected chi connectivity index (χ0v) is 15.5. The molecular weight excluding hydrogens is 342 g/mol. The van der Waals surface area contributed by atoms with Crippen molar-refractivity contribution >= 4 is 33.1 Å². The van der Waals surface area contributed by atoms with Crippen molar-refractivity contribution in [3.05, 3.63) is 76.9 Å². The molecule has 1 N–H and O–H groups in total. The molecule has 0 amide bonds. The van der Waals surface area contributed by atoms with Crippen LogP contribution in [-0.2, 0) is 6.42 Å². The SMILES string of the molecule is COc1cccc(Nc2nc(Cc3ccccc3)nc3sc(C)cc23)c1. The first kappa shape index (κ1) is 16.5. The molecule has 4 aromatic rings. The standard InChI is InChI=1S/C21H19N3OS/c1-14-11-18-20(22-16-9-6-10-17(13-16)25-2)23-19(24-21(18)26-14)12-15-7-4-3-5-8-15/h3-11,13H,12H2,1-2H3,(H,22,23,24). The second-order valence-corrected chi connectivity index (χ2v) is 7.32. The molecule has 0 aliphatic carbocycles. The van der Waals surface area contributed by atoms with Gasteiger partial charge in [-0.05, 0) is 30.7 Å². The summed E-state index contributed by atoms with van der Waals surface area (Å²) in [6.45, 7) is 2.10. The van der Waals surface area contributed by atoms with Gasteiger partial charge in [-0.15, -0.1) is 11.3 Å². The lowest BCUT2D eigenvalue weighted by atomic mass is 10.1. The lowest BCUT2D eigenvalue weighted by molar-refractivity contribution is 0.415. The summed E-state index contributed by atoms with van der Waals surface area (Å²) in [7, 11) is 1.67. The third-order valence-corrected chi connectivity index (χ3v) is 5.04. The quantitative estimate of drug-likeness (QED) is 0.521. The first-order valence-corrected chi connectivity index (χ1v) is 9.25. The molecule has 0 bridgehead atoms. The summed E-state index contributed by atoms with van der Waals surface area (Å²) in [6.07, 6.45) is 0.709. The summed E-state index contributed by atoms with van der Waals surface area (Å²) in [4.78, 5) is 11.8. The molecule has 5 heteroatoms.